The van der Waals surface area contributed by atoms with E-state index in [9.17, 15) is 49.5 Å². The molecule has 0 atom stereocenters. The van der Waals surface area contributed by atoms with Gasteiger partial charge in [-0.15, -0.1) is 0 Å². The minimum Gasteiger partial charge on any atom is -0.618 e. The molecule has 1 aromatic heterocycles. The highest BCUT2D eigenvalue weighted by molar-refractivity contribution is 7.99. The van der Waals surface area contributed by atoms with Crippen molar-refractivity contribution in [1.29, 1.82) is 0 Å². The van der Waals surface area contributed by atoms with Gasteiger partial charge in [0.2, 0.25) is 5.52 Å². The van der Waals surface area contributed by atoms with Gasteiger partial charge in [0.15, 0.2) is 6.20 Å². The predicted octanol–water partition coefficient (Wildman–Crippen LogP) is 6.98. The van der Waals surface area contributed by atoms with Gasteiger partial charge < -0.3 is 10.5 Å². The SMILES string of the molecule is O=C(Nc1c(Cl)cc(C(F)(C(F)(F)F)C(F)(F)F)cc1SC(F)F)c1ccc2ccc[n+]([O-])c2c1. The second-order valence-electron chi connectivity index (χ2n) is 6.93. The number of pyridine rings is 1. The highest BCUT2D eigenvalue weighted by Crippen LogP contribution is 2.55. The van der Waals surface area contributed by atoms with Crippen LogP contribution in [0.2, 0.25) is 5.02 Å². The van der Waals surface area contributed by atoms with Crippen molar-refractivity contribution in [2.24, 2.45) is 0 Å². The van der Waals surface area contributed by atoms with Crippen LogP contribution in [0.15, 0.2) is 53.6 Å². The highest BCUT2D eigenvalue weighted by Gasteiger charge is 2.73. The second-order valence-corrected chi connectivity index (χ2v) is 8.36. The first-order valence-corrected chi connectivity index (χ1v) is 10.4. The van der Waals surface area contributed by atoms with Crippen molar-refractivity contribution in [2.45, 2.75) is 28.7 Å². The molecule has 0 radical (unpaired) electrons. The van der Waals surface area contributed by atoms with Crippen LogP contribution in [-0.2, 0) is 5.67 Å². The monoisotopic (exact) mass is 548 g/mol. The summed E-state index contributed by atoms with van der Waals surface area (Å²) in [5.41, 5.74) is -8.99. The lowest BCUT2D eigenvalue weighted by molar-refractivity contribution is -0.577. The summed E-state index contributed by atoms with van der Waals surface area (Å²) in [4.78, 5) is 11.6. The van der Waals surface area contributed by atoms with Gasteiger partial charge in [0.25, 0.3) is 11.7 Å². The van der Waals surface area contributed by atoms with Gasteiger partial charge in [-0.25, -0.2) is 4.39 Å². The van der Waals surface area contributed by atoms with E-state index in [1.807, 2.05) is 5.32 Å². The third-order valence-corrected chi connectivity index (χ3v) is 5.77. The van der Waals surface area contributed by atoms with E-state index in [1.54, 1.807) is 6.07 Å². The van der Waals surface area contributed by atoms with E-state index in [0.29, 0.717) is 10.1 Å². The molecule has 4 nitrogen and oxygen atoms in total. The number of halogens is 10. The summed E-state index contributed by atoms with van der Waals surface area (Å²) in [6.45, 7) is 0. The van der Waals surface area contributed by atoms with Crippen LogP contribution in [0.25, 0.3) is 10.9 Å². The third-order valence-electron chi connectivity index (χ3n) is 4.71. The van der Waals surface area contributed by atoms with Gasteiger partial charge in [-0.3, -0.25) is 4.79 Å². The summed E-state index contributed by atoms with van der Waals surface area (Å²) >= 11 is 5.19. The molecule has 0 saturated heterocycles. The number of alkyl halides is 9. The van der Waals surface area contributed by atoms with Gasteiger partial charge in [0.1, 0.15) is 0 Å². The lowest BCUT2D eigenvalue weighted by atomic mass is 9.94. The molecule has 0 spiro atoms. The minimum absolute atomic E-state index is 0.0290. The number of amides is 1. The fourth-order valence-electron chi connectivity index (χ4n) is 3.09. The van der Waals surface area contributed by atoms with E-state index < -0.39 is 62.6 Å². The lowest BCUT2D eigenvalue weighted by Gasteiger charge is -2.31. The first kappa shape index (κ1) is 26.7. The fraction of sp³-hybridized carbons (Fsp3) is 0.200. The number of carbonyl (C=O) groups is 1. The smallest absolute Gasteiger partial charge is 0.435 e. The van der Waals surface area contributed by atoms with Crippen LogP contribution in [0.4, 0.5) is 45.2 Å². The molecular formula is C20H10ClF9N2O2S. The van der Waals surface area contributed by atoms with Gasteiger partial charge in [0.05, 0.1) is 10.7 Å². The van der Waals surface area contributed by atoms with E-state index in [2.05, 4.69) is 0 Å². The van der Waals surface area contributed by atoms with E-state index in [0.717, 1.165) is 12.3 Å². The number of aromatic nitrogens is 1. The quantitative estimate of drug-likeness (QED) is 0.162. The third kappa shape index (κ3) is 5.08. The van der Waals surface area contributed by atoms with Crippen molar-refractivity contribution >= 4 is 45.9 Å². The molecule has 0 fully saturated rings. The Morgan fingerprint density at radius 1 is 1.00 bits per heavy atom. The Morgan fingerprint density at radius 2 is 1.63 bits per heavy atom. The number of anilines is 1. The molecule has 1 N–H and O–H groups in total. The van der Waals surface area contributed by atoms with E-state index in [1.165, 1.54) is 18.2 Å². The van der Waals surface area contributed by atoms with Crippen molar-refractivity contribution in [2.75, 3.05) is 5.32 Å². The maximum Gasteiger partial charge on any atom is 0.435 e. The van der Waals surface area contributed by atoms with Gasteiger partial charge in [0, 0.05) is 33.5 Å². The van der Waals surface area contributed by atoms with Crippen molar-refractivity contribution in [3.63, 3.8) is 0 Å². The molecular weight excluding hydrogens is 539 g/mol. The van der Waals surface area contributed by atoms with Gasteiger partial charge in [-0.1, -0.05) is 23.4 Å². The molecule has 0 bridgehead atoms. The zero-order valence-corrected chi connectivity index (χ0v) is 18.2. The number of hydrogen-bond acceptors (Lipinski definition) is 3. The lowest BCUT2D eigenvalue weighted by Crippen LogP contribution is -2.50. The molecule has 1 heterocycles. The van der Waals surface area contributed by atoms with Crippen LogP contribution in [0.1, 0.15) is 15.9 Å². The number of nitrogens with one attached hydrogen (secondary N) is 1. The van der Waals surface area contributed by atoms with Crippen LogP contribution < -0.4 is 10.0 Å². The first-order valence-electron chi connectivity index (χ1n) is 9.10. The van der Waals surface area contributed by atoms with E-state index in [-0.39, 0.29) is 23.2 Å². The number of carbonyl (C=O) groups excluding carboxylic acids is 1. The maximum atomic E-state index is 14.5. The van der Waals surface area contributed by atoms with Gasteiger partial charge in [-0.2, -0.15) is 39.9 Å². The van der Waals surface area contributed by atoms with Crippen LogP contribution >= 0.6 is 23.4 Å². The Morgan fingerprint density at radius 3 is 2.20 bits per heavy atom. The summed E-state index contributed by atoms with van der Waals surface area (Å²) in [5.74, 6) is -4.47. The minimum atomic E-state index is -6.51. The molecule has 3 rings (SSSR count). The number of nitrogens with zero attached hydrogens (tertiary/aromatic N) is 1. The first-order chi connectivity index (χ1) is 16.1. The van der Waals surface area contributed by atoms with Crippen LogP contribution in [0.5, 0.6) is 0 Å². The standard InChI is InChI=1S/C20H10ClF9N2O2S/c21-12-7-11(18(24,19(25,26)27)20(28,29)30)8-14(35-17(22)23)15(12)31-16(33)10-4-3-9-2-1-5-32(34)13(9)6-10/h1-8,17H,(H,31,33). The fourth-order valence-corrected chi connectivity index (χ4v) is 4.07. The number of rotatable bonds is 5. The molecule has 3 aromatic rings. The molecule has 188 valence electrons. The summed E-state index contributed by atoms with van der Waals surface area (Å²) < 4.78 is 120. The highest BCUT2D eigenvalue weighted by atomic mass is 35.5. The average molecular weight is 549 g/mol. The average Bonchev–Trinajstić information content (AvgIpc) is 2.73. The Bertz CT molecular complexity index is 1270. The topological polar surface area (TPSA) is 56.0 Å². The molecule has 1 amide bonds. The number of hydrogen-bond donors (Lipinski definition) is 1. The van der Waals surface area contributed by atoms with Crippen molar-refractivity contribution in [1.82, 2.24) is 0 Å². The molecule has 0 saturated carbocycles. The van der Waals surface area contributed by atoms with Crippen molar-refractivity contribution in [3.05, 3.63) is 70.0 Å². The second kappa shape index (κ2) is 9.30. The number of fused-ring (bicyclic) bond motifs is 1. The Labute approximate surface area is 199 Å². The zero-order chi connectivity index (χ0) is 26.3. The Kier molecular flexibility index (Phi) is 7.10. The van der Waals surface area contributed by atoms with Crippen LogP contribution in [0.3, 0.4) is 0 Å². The number of benzene rings is 2. The van der Waals surface area contributed by atoms with Crippen molar-refractivity contribution in [3.8, 4) is 0 Å². The zero-order valence-electron chi connectivity index (χ0n) is 16.6. The molecule has 35 heavy (non-hydrogen) atoms. The van der Waals surface area contributed by atoms with Crippen LogP contribution in [0, 0.1) is 5.21 Å². The molecule has 0 unspecified atom stereocenters. The van der Waals surface area contributed by atoms with Crippen LogP contribution in [-0.4, -0.2) is 24.0 Å². The predicted molar refractivity (Wildman–Crippen MR) is 109 cm³/mol. The normalized spacial score (nSPS) is 12.9. The summed E-state index contributed by atoms with van der Waals surface area (Å²) in [7, 11) is 0. The summed E-state index contributed by atoms with van der Waals surface area (Å²) in [6, 6.07) is 6.51. The molecule has 0 aliphatic heterocycles. The number of thioether (sulfide) groups is 1. The molecule has 0 aliphatic carbocycles. The summed E-state index contributed by atoms with van der Waals surface area (Å²) in [5, 5.41) is 13.3. The van der Waals surface area contributed by atoms with Gasteiger partial charge >= 0.3 is 18.0 Å². The Balaban J connectivity index is 2.10. The molecule has 0 aliphatic rings. The van der Waals surface area contributed by atoms with E-state index in [4.69, 9.17) is 11.6 Å². The van der Waals surface area contributed by atoms with E-state index >= 15 is 0 Å². The largest absolute Gasteiger partial charge is 0.618 e. The molecule has 2 aromatic carbocycles. The maximum absolute atomic E-state index is 14.5. The van der Waals surface area contributed by atoms with Gasteiger partial charge in [-0.05, 0) is 30.3 Å². The molecule has 15 heteroatoms. The Hall–Kier alpha value is -2.87. The van der Waals surface area contributed by atoms with Crippen molar-refractivity contribution < 1.29 is 49.0 Å². The summed E-state index contributed by atoms with van der Waals surface area (Å²) in [6.07, 6.45) is -11.9.